The van der Waals surface area contributed by atoms with Crippen LogP contribution in [0.15, 0.2) is 35.3 Å². The molecule has 0 bridgehead atoms. The summed E-state index contributed by atoms with van der Waals surface area (Å²) in [5, 5.41) is 6.76. The highest BCUT2D eigenvalue weighted by molar-refractivity contribution is 14.0. The van der Waals surface area contributed by atoms with Gasteiger partial charge in [0.05, 0.1) is 6.10 Å². The smallest absolute Gasteiger partial charge is 0.190 e. The van der Waals surface area contributed by atoms with Crippen molar-refractivity contribution in [1.82, 2.24) is 15.5 Å². The minimum Gasteiger partial charge on any atom is -0.374 e. The number of benzene rings is 1. The van der Waals surface area contributed by atoms with E-state index in [-0.39, 0.29) is 30.1 Å². The third kappa shape index (κ3) is 10.3. The van der Waals surface area contributed by atoms with Crippen LogP contribution in [0, 0.1) is 0 Å². The first kappa shape index (κ1) is 24.2. The van der Waals surface area contributed by atoms with Crippen molar-refractivity contribution in [2.24, 2.45) is 4.99 Å². The summed E-state index contributed by atoms with van der Waals surface area (Å²) < 4.78 is 5.90. The second-order valence-corrected chi connectivity index (χ2v) is 6.96. The van der Waals surface area contributed by atoms with E-state index in [1.807, 2.05) is 13.1 Å². The van der Waals surface area contributed by atoms with Gasteiger partial charge in [-0.25, -0.2) is 0 Å². The van der Waals surface area contributed by atoms with Gasteiger partial charge in [0.1, 0.15) is 0 Å². The summed E-state index contributed by atoms with van der Waals surface area (Å²) in [5.74, 6) is 0.891. The lowest BCUT2D eigenvalue weighted by atomic mass is 10.1. The average molecular weight is 488 g/mol. The molecule has 6 heteroatoms. The molecule has 1 saturated heterocycles. The molecular weight excluding hydrogens is 451 g/mol. The summed E-state index contributed by atoms with van der Waals surface area (Å²) in [6.45, 7) is 8.53. The van der Waals surface area contributed by atoms with Crippen molar-refractivity contribution in [1.29, 1.82) is 0 Å². The van der Waals surface area contributed by atoms with Gasteiger partial charge in [-0.15, -0.1) is 24.0 Å². The van der Waals surface area contributed by atoms with Gasteiger partial charge < -0.3 is 20.3 Å². The van der Waals surface area contributed by atoms with Crippen LogP contribution in [-0.4, -0.2) is 57.2 Å². The fourth-order valence-electron chi connectivity index (χ4n) is 3.25. The number of hydrogen-bond acceptors (Lipinski definition) is 3. The van der Waals surface area contributed by atoms with E-state index in [9.17, 15) is 0 Å². The molecular formula is C21H37IN4O. The number of hydrogen-bond donors (Lipinski definition) is 2. The number of unbranched alkanes of at least 4 members (excludes halogenated alkanes) is 1. The maximum atomic E-state index is 5.90. The van der Waals surface area contributed by atoms with Crippen molar-refractivity contribution >= 4 is 29.9 Å². The largest absolute Gasteiger partial charge is 0.374 e. The molecule has 1 unspecified atom stereocenters. The Morgan fingerprint density at radius 3 is 2.41 bits per heavy atom. The Morgan fingerprint density at radius 1 is 1.07 bits per heavy atom. The van der Waals surface area contributed by atoms with Crippen molar-refractivity contribution < 1.29 is 4.74 Å². The van der Waals surface area contributed by atoms with Crippen LogP contribution in [0.25, 0.3) is 0 Å². The topological polar surface area (TPSA) is 48.9 Å². The molecule has 5 nitrogen and oxygen atoms in total. The lowest BCUT2D eigenvalue weighted by molar-refractivity contribution is 0.0646. The fourth-order valence-corrected chi connectivity index (χ4v) is 3.25. The van der Waals surface area contributed by atoms with Gasteiger partial charge in [0, 0.05) is 26.7 Å². The van der Waals surface area contributed by atoms with Gasteiger partial charge in [-0.2, -0.15) is 0 Å². The molecule has 1 aromatic carbocycles. The number of nitrogens with one attached hydrogen (secondary N) is 2. The van der Waals surface area contributed by atoms with Crippen molar-refractivity contribution in [2.45, 2.75) is 45.1 Å². The maximum Gasteiger partial charge on any atom is 0.190 e. The second kappa shape index (κ2) is 15.1. The van der Waals surface area contributed by atoms with Crippen LogP contribution in [0.1, 0.15) is 50.7 Å². The Kier molecular flexibility index (Phi) is 13.5. The van der Waals surface area contributed by atoms with Crippen molar-refractivity contribution in [3.8, 4) is 0 Å². The molecule has 0 radical (unpaired) electrons. The number of halogens is 1. The summed E-state index contributed by atoms with van der Waals surface area (Å²) in [6, 6.07) is 10.4. The number of ether oxygens (including phenoxy) is 1. The summed E-state index contributed by atoms with van der Waals surface area (Å²) in [6.07, 6.45) is 6.31. The number of likely N-dealkylation sites (tertiary alicyclic amines) is 1. The van der Waals surface area contributed by atoms with E-state index in [1.165, 1.54) is 50.9 Å². The SMILES string of the molecule is CN=C(NCCCCN1CCCC1)NCCCOC(C)c1ccccc1.I. The highest BCUT2D eigenvalue weighted by Crippen LogP contribution is 2.15. The standard InChI is InChI=1S/C21H36N4O.HI/c1-19(20-11-4-3-5-12-20)26-18-10-14-24-21(22-2)23-13-6-7-15-25-16-8-9-17-25;/h3-5,11-12,19H,6-10,13-18H2,1-2H3,(H2,22,23,24);1H. The molecule has 0 amide bonds. The van der Waals surface area contributed by atoms with Gasteiger partial charge in [-0.3, -0.25) is 4.99 Å². The van der Waals surface area contributed by atoms with E-state index in [0.29, 0.717) is 0 Å². The predicted octanol–water partition coefficient (Wildman–Crippen LogP) is 3.81. The molecule has 0 aromatic heterocycles. The lowest BCUT2D eigenvalue weighted by Crippen LogP contribution is -2.38. The molecule has 154 valence electrons. The van der Waals surface area contributed by atoms with E-state index >= 15 is 0 Å². The first-order valence-electron chi connectivity index (χ1n) is 10.1. The third-order valence-corrected chi connectivity index (χ3v) is 4.87. The lowest BCUT2D eigenvalue weighted by Gasteiger charge is -2.16. The van der Waals surface area contributed by atoms with Crippen LogP contribution in [-0.2, 0) is 4.74 Å². The highest BCUT2D eigenvalue weighted by atomic mass is 127. The van der Waals surface area contributed by atoms with Gasteiger partial charge >= 0.3 is 0 Å². The minimum absolute atomic E-state index is 0. The van der Waals surface area contributed by atoms with E-state index < -0.39 is 0 Å². The molecule has 27 heavy (non-hydrogen) atoms. The molecule has 1 fully saturated rings. The number of nitrogens with zero attached hydrogens (tertiary/aromatic N) is 2. The Labute approximate surface area is 182 Å². The van der Waals surface area contributed by atoms with Crippen LogP contribution in [0.4, 0.5) is 0 Å². The molecule has 0 saturated carbocycles. The number of aliphatic imine (C=N–C) groups is 1. The molecule has 1 aromatic rings. The van der Waals surface area contributed by atoms with Crippen LogP contribution >= 0.6 is 24.0 Å². The molecule has 1 aliphatic heterocycles. The fraction of sp³-hybridized carbons (Fsp3) is 0.667. The summed E-state index contributed by atoms with van der Waals surface area (Å²) in [7, 11) is 1.83. The Morgan fingerprint density at radius 2 is 1.74 bits per heavy atom. The molecule has 1 heterocycles. The monoisotopic (exact) mass is 488 g/mol. The maximum absolute atomic E-state index is 5.90. The number of guanidine groups is 1. The Balaban J connectivity index is 0.00000364. The molecule has 1 aliphatic rings. The molecule has 1 atom stereocenters. The summed E-state index contributed by atoms with van der Waals surface area (Å²) in [5.41, 5.74) is 1.23. The second-order valence-electron chi connectivity index (χ2n) is 6.96. The van der Waals surface area contributed by atoms with Gasteiger partial charge in [-0.05, 0) is 64.2 Å². The molecule has 2 N–H and O–H groups in total. The van der Waals surface area contributed by atoms with Gasteiger partial charge in [0.15, 0.2) is 5.96 Å². The molecule has 0 spiro atoms. The predicted molar refractivity (Wildman–Crippen MR) is 125 cm³/mol. The normalized spacial score (nSPS) is 16.0. The van der Waals surface area contributed by atoms with E-state index in [1.54, 1.807) is 0 Å². The van der Waals surface area contributed by atoms with Crippen molar-refractivity contribution in [3.63, 3.8) is 0 Å². The van der Waals surface area contributed by atoms with E-state index in [2.05, 4.69) is 51.7 Å². The molecule has 2 rings (SSSR count). The van der Waals surface area contributed by atoms with Gasteiger partial charge in [-0.1, -0.05) is 30.3 Å². The van der Waals surface area contributed by atoms with Gasteiger partial charge in [0.25, 0.3) is 0 Å². The summed E-state index contributed by atoms with van der Waals surface area (Å²) in [4.78, 5) is 6.86. The van der Waals surface area contributed by atoms with Crippen LogP contribution in [0.3, 0.4) is 0 Å². The Bertz CT molecular complexity index is 506. The first-order valence-corrected chi connectivity index (χ1v) is 10.1. The van der Waals surface area contributed by atoms with Crippen LogP contribution in [0.5, 0.6) is 0 Å². The quantitative estimate of drug-likeness (QED) is 0.215. The zero-order chi connectivity index (χ0) is 18.5. The zero-order valence-corrected chi connectivity index (χ0v) is 19.3. The molecule has 0 aliphatic carbocycles. The first-order chi connectivity index (χ1) is 12.8. The van der Waals surface area contributed by atoms with Crippen LogP contribution < -0.4 is 10.6 Å². The minimum atomic E-state index is 0. The van der Waals surface area contributed by atoms with Gasteiger partial charge in [0.2, 0.25) is 0 Å². The third-order valence-electron chi connectivity index (χ3n) is 4.87. The van der Waals surface area contributed by atoms with E-state index in [0.717, 1.165) is 32.1 Å². The van der Waals surface area contributed by atoms with Crippen molar-refractivity contribution in [3.05, 3.63) is 35.9 Å². The summed E-state index contributed by atoms with van der Waals surface area (Å²) >= 11 is 0. The highest BCUT2D eigenvalue weighted by Gasteiger charge is 2.10. The van der Waals surface area contributed by atoms with Crippen molar-refractivity contribution in [2.75, 3.05) is 46.4 Å². The zero-order valence-electron chi connectivity index (χ0n) is 17.0. The average Bonchev–Trinajstić information content (AvgIpc) is 3.20. The number of rotatable bonds is 11. The van der Waals surface area contributed by atoms with Crippen LogP contribution in [0.2, 0.25) is 0 Å². The van der Waals surface area contributed by atoms with E-state index in [4.69, 9.17) is 4.74 Å². The Hall–Kier alpha value is -0.860.